The number of allylic oxidation sites excluding steroid dienone is 1. The number of aliphatic hydroxyl groups excluding tert-OH is 1. The molecular formula is C33H60O2Si. The zero-order valence-electron chi connectivity index (χ0n) is 25.7. The van der Waals surface area contributed by atoms with Gasteiger partial charge in [-0.25, -0.2) is 0 Å². The lowest BCUT2D eigenvalue weighted by atomic mass is 9.60. The molecule has 4 aliphatic carbocycles. The molecular weight excluding hydrogens is 456 g/mol. The number of hydrogen-bond donors (Lipinski definition) is 1. The van der Waals surface area contributed by atoms with Crippen LogP contribution in [-0.2, 0) is 4.43 Å². The van der Waals surface area contributed by atoms with E-state index in [0.29, 0.717) is 28.8 Å². The van der Waals surface area contributed by atoms with Crippen LogP contribution in [0.15, 0.2) is 11.6 Å². The van der Waals surface area contributed by atoms with Gasteiger partial charge in [0.05, 0.1) is 6.10 Å². The predicted octanol–water partition coefficient (Wildman–Crippen LogP) is 9.53. The number of fused-ring (bicyclic) bond motifs is 2. The third kappa shape index (κ3) is 5.60. The van der Waals surface area contributed by atoms with Crippen LogP contribution in [0.2, 0.25) is 18.1 Å². The van der Waals surface area contributed by atoms with Crippen LogP contribution in [0.1, 0.15) is 126 Å². The Labute approximate surface area is 225 Å². The monoisotopic (exact) mass is 516 g/mol. The normalized spacial score (nSPS) is 39.7. The van der Waals surface area contributed by atoms with Crippen LogP contribution in [0.3, 0.4) is 0 Å². The molecule has 0 saturated heterocycles. The first-order chi connectivity index (χ1) is 16.5. The molecule has 3 heteroatoms. The minimum atomic E-state index is -1.75. The van der Waals surface area contributed by atoms with E-state index in [0.717, 1.165) is 18.3 Å². The van der Waals surface area contributed by atoms with Crippen molar-refractivity contribution in [3.8, 4) is 0 Å². The van der Waals surface area contributed by atoms with E-state index >= 15 is 0 Å². The molecule has 4 saturated carbocycles. The molecule has 0 aliphatic heterocycles. The first-order valence-corrected chi connectivity index (χ1v) is 18.5. The fourth-order valence-corrected chi connectivity index (χ4v) is 10.1. The molecule has 0 spiro atoms. The molecule has 1 N–H and O–H groups in total. The van der Waals surface area contributed by atoms with E-state index in [-0.39, 0.29) is 16.6 Å². The van der Waals surface area contributed by atoms with E-state index in [2.05, 4.69) is 74.6 Å². The highest BCUT2D eigenvalue weighted by Gasteiger charge is 2.64. The van der Waals surface area contributed by atoms with Gasteiger partial charge >= 0.3 is 0 Å². The maximum Gasteiger partial charge on any atom is 0.192 e. The quantitative estimate of drug-likeness (QED) is 0.257. The van der Waals surface area contributed by atoms with Crippen LogP contribution >= 0.6 is 0 Å². The topological polar surface area (TPSA) is 29.5 Å². The van der Waals surface area contributed by atoms with E-state index in [1.165, 1.54) is 64.2 Å². The van der Waals surface area contributed by atoms with E-state index in [9.17, 15) is 5.11 Å². The minimum absolute atomic E-state index is 0.117. The first-order valence-electron chi connectivity index (χ1n) is 15.5. The summed E-state index contributed by atoms with van der Waals surface area (Å²) in [5.41, 5.74) is 2.63. The Kier molecular flexibility index (Phi) is 7.87. The van der Waals surface area contributed by atoms with Gasteiger partial charge in [-0.1, -0.05) is 79.9 Å². The SMILES string of the molecule is C[C@H](CCCC(C)(C)C)[C@H]1CCC2C(=CC(O)C34CC(O[Si](C)(C)C(C)(C)C)CC3C4)CCC[C@@]21C. The molecule has 4 aliphatic rings. The van der Waals surface area contributed by atoms with E-state index in [4.69, 9.17) is 4.43 Å². The van der Waals surface area contributed by atoms with Crippen molar-refractivity contribution >= 4 is 8.32 Å². The Balaban J connectivity index is 1.40. The third-order valence-corrected chi connectivity index (χ3v) is 16.5. The average Bonchev–Trinajstić information content (AvgIpc) is 3.11. The van der Waals surface area contributed by atoms with Gasteiger partial charge in [-0.2, -0.15) is 0 Å². The first kappa shape index (κ1) is 28.9. The van der Waals surface area contributed by atoms with Gasteiger partial charge in [0, 0.05) is 11.5 Å². The lowest BCUT2D eigenvalue weighted by Gasteiger charge is -2.45. The van der Waals surface area contributed by atoms with Crippen molar-refractivity contribution in [2.45, 2.75) is 156 Å². The Morgan fingerprint density at radius 2 is 1.81 bits per heavy atom. The molecule has 0 aromatic carbocycles. The second-order valence-corrected chi connectivity index (χ2v) is 21.5. The Bertz CT molecular complexity index is 817. The molecule has 4 fully saturated rings. The predicted molar refractivity (Wildman–Crippen MR) is 157 cm³/mol. The summed E-state index contributed by atoms with van der Waals surface area (Å²) in [6.45, 7) is 24.1. The zero-order chi connectivity index (χ0) is 26.7. The largest absolute Gasteiger partial charge is 0.414 e. The van der Waals surface area contributed by atoms with Crippen molar-refractivity contribution < 1.29 is 9.53 Å². The highest BCUT2D eigenvalue weighted by molar-refractivity contribution is 6.74. The van der Waals surface area contributed by atoms with Crippen LogP contribution in [0.4, 0.5) is 0 Å². The fraction of sp³-hybridized carbons (Fsp3) is 0.939. The Morgan fingerprint density at radius 3 is 2.44 bits per heavy atom. The summed E-state index contributed by atoms with van der Waals surface area (Å²) < 4.78 is 6.82. The third-order valence-electron chi connectivity index (χ3n) is 12.0. The summed E-state index contributed by atoms with van der Waals surface area (Å²) in [5.74, 6) is 3.05. The summed E-state index contributed by atoms with van der Waals surface area (Å²) >= 11 is 0. The molecule has 36 heavy (non-hydrogen) atoms. The standard InChI is InChI=1S/C33H60O2Si/c1-23(13-11-17-30(2,3)4)27-15-16-28-24(14-12-18-32(27,28)8)19-29(34)33-21-25(33)20-26(22-33)35-36(9,10)31(5,6)7/h19,23,25-29,34H,11-18,20-22H2,1-10H3/t23-,25?,26?,27-,28?,29?,32-,33?/m1/s1. The van der Waals surface area contributed by atoms with E-state index in [1.54, 1.807) is 5.57 Å². The second-order valence-electron chi connectivity index (χ2n) is 16.8. The van der Waals surface area contributed by atoms with Gasteiger partial charge in [0.1, 0.15) is 0 Å². The summed E-state index contributed by atoms with van der Waals surface area (Å²) in [5, 5.41) is 11.9. The molecule has 4 rings (SSSR count). The van der Waals surface area contributed by atoms with Gasteiger partial charge in [0.15, 0.2) is 8.32 Å². The summed E-state index contributed by atoms with van der Waals surface area (Å²) in [4.78, 5) is 0. The molecule has 0 bridgehead atoms. The number of rotatable bonds is 8. The highest BCUT2D eigenvalue weighted by Crippen LogP contribution is 2.67. The van der Waals surface area contributed by atoms with Crippen LogP contribution < -0.4 is 0 Å². The van der Waals surface area contributed by atoms with Crippen LogP contribution in [0.25, 0.3) is 0 Å². The van der Waals surface area contributed by atoms with Crippen molar-refractivity contribution in [1.82, 2.24) is 0 Å². The average molecular weight is 517 g/mol. The summed E-state index contributed by atoms with van der Waals surface area (Å²) in [6, 6.07) is 0. The molecule has 2 nitrogen and oxygen atoms in total. The molecule has 8 atom stereocenters. The maximum absolute atomic E-state index is 11.6. The minimum Gasteiger partial charge on any atom is -0.414 e. The number of aliphatic hydroxyl groups is 1. The maximum atomic E-state index is 11.6. The van der Waals surface area contributed by atoms with Gasteiger partial charge in [0.25, 0.3) is 0 Å². The Morgan fingerprint density at radius 1 is 1.11 bits per heavy atom. The number of hydrogen-bond acceptors (Lipinski definition) is 2. The molecule has 0 aromatic rings. The van der Waals surface area contributed by atoms with Crippen molar-refractivity contribution in [3.63, 3.8) is 0 Å². The van der Waals surface area contributed by atoms with Gasteiger partial charge in [0.2, 0.25) is 0 Å². The molecule has 0 heterocycles. The molecule has 5 unspecified atom stereocenters. The van der Waals surface area contributed by atoms with Crippen LogP contribution in [0.5, 0.6) is 0 Å². The van der Waals surface area contributed by atoms with Gasteiger partial charge in [-0.15, -0.1) is 0 Å². The van der Waals surface area contributed by atoms with Gasteiger partial charge in [-0.05, 0) is 110 Å². The van der Waals surface area contributed by atoms with Crippen molar-refractivity contribution in [3.05, 3.63) is 11.6 Å². The van der Waals surface area contributed by atoms with Crippen LogP contribution in [0, 0.1) is 39.9 Å². The van der Waals surface area contributed by atoms with Gasteiger partial charge < -0.3 is 9.53 Å². The molecule has 0 aromatic heterocycles. The van der Waals surface area contributed by atoms with Crippen molar-refractivity contribution in [2.75, 3.05) is 0 Å². The van der Waals surface area contributed by atoms with Crippen molar-refractivity contribution in [2.24, 2.45) is 39.9 Å². The fourth-order valence-electron chi connectivity index (χ4n) is 8.70. The smallest absolute Gasteiger partial charge is 0.192 e. The van der Waals surface area contributed by atoms with E-state index < -0.39 is 8.32 Å². The van der Waals surface area contributed by atoms with Crippen LogP contribution in [-0.4, -0.2) is 25.6 Å². The zero-order valence-corrected chi connectivity index (χ0v) is 26.7. The molecule has 0 amide bonds. The lowest BCUT2D eigenvalue weighted by molar-refractivity contribution is 0.0844. The van der Waals surface area contributed by atoms with Gasteiger partial charge in [-0.3, -0.25) is 0 Å². The highest BCUT2D eigenvalue weighted by atomic mass is 28.4. The molecule has 0 radical (unpaired) electrons. The second kappa shape index (κ2) is 9.81. The molecule has 208 valence electrons. The van der Waals surface area contributed by atoms with Crippen molar-refractivity contribution in [1.29, 1.82) is 0 Å². The lowest BCUT2D eigenvalue weighted by Crippen LogP contribution is -2.44. The Hall–Kier alpha value is -0.123. The van der Waals surface area contributed by atoms with E-state index in [1.807, 2.05) is 0 Å². The summed E-state index contributed by atoms with van der Waals surface area (Å²) in [7, 11) is -1.75. The summed E-state index contributed by atoms with van der Waals surface area (Å²) in [6.07, 6.45) is 16.7.